The van der Waals surface area contributed by atoms with Crippen LogP contribution in [-0.2, 0) is 0 Å². The highest BCUT2D eigenvalue weighted by atomic mass is 127. The van der Waals surface area contributed by atoms with Gasteiger partial charge in [0.1, 0.15) is 0 Å². The predicted octanol–water partition coefficient (Wildman–Crippen LogP) is 2.23. The van der Waals surface area contributed by atoms with E-state index >= 15 is 0 Å². The first kappa shape index (κ1) is 9.01. The van der Waals surface area contributed by atoms with E-state index in [-0.39, 0.29) is 3.42 Å². The molecule has 0 atom stereocenters. The van der Waals surface area contributed by atoms with Crippen molar-refractivity contribution in [3.63, 3.8) is 0 Å². The van der Waals surface area contributed by atoms with Crippen molar-refractivity contribution < 1.29 is 0 Å². The molecule has 0 rings (SSSR count). The third kappa shape index (κ3) is 8.01. The van der Waals surface area contributed by atoms with Crippen molar-refractivity contribution in [1.29, 1.82) is 0 Å². The van der Waals surface area contributed by atoms with Crippen molar-refractivity contribution in [3.05, 3.63) is 24.4 Å². The lowest BCUT2D eigenvalue weighted by Crippen LogP contribution is -2.03. The van der Waals surface area contributed by atoms with Crippen molar-refractivity contribution in [2.45, 2.75) is 17.3 Å². The van der Waals surface area contributed by atoms with E-state index in [9.17, 15) is 0 Å². The molecule has 0 bridgehead atoms. The van der Waals surface area contributed by atoms with E-state index in [1.165, 1.54) is 0 Å². The summed E-state index contributed by atoms with van der Waals surface area (Å²) >= 11 is 2.33. The van der Waals surface area contributed by atoms with Crippen molar-refractivity contribution in [1.82, 2.24) is 0 Å². The molecule has 0 aromatic rings. The Labute approximate surface area is 70.2 Å². The fourth-order valence-electron chi connectivity index (χ4n) is 0.305. The van der Waals surface area contributed by atoms with Crippen LogP contribution >= 0.6 is 22.6 Å². The molecule has 0 aliphatic carbocycles. The largest absolute Gasteiger partial charge is 0.399 e. The second kappa shape index (κ2) is 3.25. The summed E-state index contributed by atoms with van der Waals surface area (Å²) in [5.74, 6) is 0. The average Bonchev–Trinajstić information content (AvgIpc) is 1.59. The fraction of sp³-hybridized carbons (Fsp3) is 0.429. The van der Waals surface area contributed by atoms with Gasteiger partial charge in [-0.2, -0.15) is 0 Å². The summed E-state index contributed by atoms with van der Waals surface area (Å²) < 4.78 is 0.181. The lowest BCUT2D eigenvalue weighted by molar-refractivity contribution is 0.943. The maximum atomic E-state index is 5.32. The van der Waals surface area contributed by atoms with Crippen LogP contribution in [0.4, 0.5) is 0 Å². The molecule has 1 nitrogen and oxygen atoms in total. The Bertz CT molecular complexity index is 130. The number of nitrogens with two attached hydrogens (primary N) is 1. The van der Waals surface area contributed by atoms with Gasteiger partial charge in [-0.05, 0) is 19.9 Å². The van der Waals surface area contributed by atoms with Crippen LogP contribution in [0, 0.1) is 0 Å². The smallest absolute Gasteiger partial charge is 0.0348 e. The van der Waals surface area contributed by atoms with E-state index in [0.717, 1.165) is 0 Å². The summed E-state index contributed by atoms with van der Waals surface area (Å²) in [6.45, 7) is 7.75. The van der Waals surface area contributed by atoms with Crippen LogP contribution in [0.5, 0.6) is 0 Å². The molecule has 0 unspecified atom stereocenters. The van der Waals surface area contributed by atoms with Crippen LogP contribution in [-0.4, -0.2) is 3.42 Å². The van der Waals surface area contributed by atoms with Gasteiger partial charge in [0.25, 0.3) is 0 Å². The molecule has 2 N–H and O–H groups in total. The first-order valence-corrected chi connectivity index (χ1v) is 3.82. The molecular formula is C7H12IN. The molecule has 9 heavy (non-hydrogen) atoms. The summed E-state index contributed by atoms with van der Waals surface area (Å²) in [4.78, 5) is 0. The lowest BCUT2D eigenvalue weighted by Gasteiger charge is -2.07. The molecule has 0 saturated carbocycles. The van der Waals surface area contributed by atoms with Crippen molar-refractivity contribution >= 4 is 22.6 Å². The average molecular weight is 237 g/mol. The summed E-state index contributed by atoms with van der Waals surface area (Å²) in [6.07, 6.45) is 3.85. The van der Waals surface area contributed by atoms with Crippen LogP contribution in [0.2, 0.25) is 0 Å². The highest BCUT2D eigenvalue weighted by molar-refractivity contribution is 14.1. The van der Waals surface area contributed by atoms with Gasteiger partial charge in [-0.15, -0.1) is 0 Å². The van der Waals surface area contributed by atoms with Gasteiger partial charge in [0.05, 0.1) is 0 Å². The van der Waals surface area contributed by atoms with Crippen molar-refractivity contribution in [2.24, 2.45) is 5.73 Å². The standard InChI is InChI=1S/C7H12IN/c1-6(9)4-5-7(2,3)8/h4-5H,1,9H2,2-3H3/b5-4-. The summed E-state index contributed by atoms with van der Waals surface area (Å²) in [5, 5.41) is 0. The third-order valence-corrected chi connectivity index (χ3v) is 1.05. The Morgan fingerprint density at radius 1 is 1.67 bits per heavy atom. The molecule has 0 heterocycles. The first-order valence-electron chi connectivity index (χ1n) is 2.74. The van der Waals surface area contributed by atoms with Crippen LogP contribution < -0.4 is 5.73 Å². The lowest BCUT2D eigenvalue weighted by atomic mass is 10.2. The van der Waals surface area contributed by atoms with Gasteiger partial charge in [-0.3, -0.25) is 0 Å². The van der Waals surface area contributed by atoms with Gasteiger partial charge in [0.15, 0.2) is 0 Å². The van der Waals surface area contributed by atoms with Gasteiger partial charge in [-0.25, -0.2) is 0 Å². The minimum Gasteiger partial charge on any atom is -0.399 e. The molecule has 0 aliphatic heterocycles. The van der Waals surface area contributed by atoms with Crippen LogP contribution in [0.15, 0.2) is 24.4 Å². The molecule has 2 heteroatoms. The Kier molecular flexibility index (Phi) is 3.25. The van der Waals surface area contributed by atoms with Gasteiger partial charge in [0, 0.05) is 9.12 Å². The van der Waals surface area contributed by atoms with Gasteiger partial charge >= 0.3 is 0 Å². The van der Waals surface area contributed by atoms with E-state index in [4.69, 9.17) is 5.73 Å². The summed E-state index contributed by atoms with van der Waals surface area (Å²) in [7, 11) is 0. The number of allylic oxidation sites excluding steroid dienone is 2. The molecule has 0 aromatic carbocycles. The summed E-state index contributed by atoms with van der Waals surface area (Å²) in [5.41, 5.74) is 5.93. The van der Waals surface area contributed by atoms with E-state index in [1.54, 1.807) is 0 Å². The first-order chi connectivity index (χ1) is 3.92. The SMILES string of the molecule is C=C(N)/C=C\C(C)(C)I. The molecule has 0 fully saturated rings. The van der Waals surface area contributed by atoms with Gasteiger partial charge in [-0.1, -0.05) is 35.2 Å². The number of halogens is 1. The highest BCUT2D eigenvalue weighted by Gasteiger charge is 2.04. The maximum absolute atomic E-state index is 5.32. The topological polar surface area (TPSA) is 26.0 Å². The zero-order valence-electron chi connectivity index (χ0n) is 5.82. The molecule has 0 radical (unpaired) electrons. The van der Waals surface area contributed by atoms with Crippen molar-refractivity contribution in [3.8, 4) is 0 Å². The second-order valence-electron chi connectivity index (χ2n) is 2.47. The molecule has 0 amide bonds. The monoisotopic (exact) mass is 237 g/mol. The third-order valence-electron chi connectivity index (χ3n) is 0.694. The number of hydrogen-bond donors (Lipinski definition) is 1. The molecular weight excluding hydrogens is 225 g/mol. The normalized spacial score (nSPS) is 12.3. The zero-order valence-corrected chi connectivity index (χ0v) is 7.97. The minimum absolute atomic E-state index is 0.181. The zero-order chi connectivity index (χ0) is 7.49. The Morgan fingerprint density at radius 2 is 2.11 bits per heavy atom. The molecule has 0 spiro atoms. The number of alkyl halides is 1. The molecule has 0 aromatic heterocycles. The summed E-state index contributed by atoms with van der Waals surface area (Å²) in [6, 6.07) is 0. The van der Waals surface area contributed by atoms with Crippen LogP contribution in [0.25, 0.3) is 0 Å². The van der Waals surface area contributed by atoms with Gasteiger partial charge in [0.2, 0.25) is 0 Å². The second-order valence-corrected chi connectivity index (χ2v) is 5.25. The Hall–Kier alpha value is 0.01000. The minimum atomic E-state index is 0.181. The molecule has 52 valence electrons. The van der Waals surface area contributed by atoms with Crippen molar-refractivity contribution in [2.75, 3.05) is 0 Å². The van der Waals surface area contributed by atoms with Gasteiger partial charge < -0.3 is 5.73 Å². The quantitative estimate of drug-likeness (QED) is 0.445. The van der Waals surface area contributed by atoms with E-state index in [0.29, 0.717) is 5.70 Å². The highest BCUT2D eigenvalue weighted by Crippen LogP contribution is 2.17. The molecule has 0 aliphatic rings. The van der Waals surface area contributed by atoms with Crippen LogP contribution in [0.1, 0.15) is 13.8 Å². The number of rotatable bonds is 2. The van der Waals surface area contributed by atoms with E-state index in [1.807, 2.05) is 12.2 Å². The maximum Gasteiger partial charge on any atom is 0.0348 e. The number of hydrogen-bond acceptors (Lipinski definition) is 1. The predicted molar refractivity (Wildman–Crippen MR) is 50.6 cm³/mol. The van der Waals surface area contributed by atoms with E-state index in [2.05, 4.69) is 43.0 Å². The van der Waals surface area contributed by atoms with E-state index < -0.39 is 0 Å². The molecule has 0 saturated heterocycles. The van der Waals surface area contributed by atoms with Crippen LogP contribution in [0.3, 0.4) is 0 Å². The Morgan fingerprint density at radius 3 is 2.22 bits per heavy atom. The fourth-order valence-corrected chi connectivity index (χ4v) is 0.485. The Balaban J connectivity index is 3.86.